The number of hydrogen-bond donors (Lipinski definition) is 1. The van der Waals surface area contributed by atoms with Gasteiger partial charge in [-0.25, -0.2) is 14.8 Å². The Labute approximate surface area is 144 Å². The van der Waals surface area contributed by atoms with Crippen molar-refractivity contribution in [2.24, 2.45) is 0 Å². The third-order valence-corrected chi connectivity index (χ3v) is 4.48. The number of ether oxygens (including phenoxy) is 1. The molecule has 0 saturated heterocycles. The zero-order chi connectivity index (χ0) is 17.1. The quantitative estimate of drug-likeness (QED) is 0.633. The molecule has 0 aliphatic carbocycles. The number of carbonyl (C=O) groups excluding carboxylic acids is 1. The summed E-state index contributed by atoms with van der Waals surface area (Å²) in [6, 6.07) is 0. The fourth-order valence-electron chi connectivity index (χ4n) is 2.10. The zero-order valence-electron chi connectivity index (χ0n) is 13.9. The van der Waals surface area contributed by atoms with Gasteiger partial charge in [0.25, 0.3) is 0 Å². The summed E-state index contributed by atoms with van der Waals surface area (Å²) in [5.41, 5.74) is 0.819. The summed E-state index contributed by atoms with van der Waals surface area (Å²) in [4.78, 5) is 24.0. The first-order valence-corrected chi connectivity index (χ1v) is 8.55. The van der Waals surface area contributed by atoms with Gasteiger partial charge in [-0.05, 0) is 52.0 Å². The lowest BCUT2D eigenvalue weighted by Crippen LogP contribution is -2.21. The maximum atomic E-state index is 12.2. The SMILES string of the molecule is Cc1c(C(=O)OC(C)C)sc2nc(Cl)nc(NCCN(C)C)c12. The van der Waals surface area contributed by atoms with E-state index in [1.54, 1.807) is 0 Å². The van der Waals surface area contributed by atoms with Gasteiger partial charge in [-0.2, -0.15) is 0 Å². The maximum Gasteiger partial charge on any atom is 0.348 e. The number of anilines is 1. The Kier molecular flexibility index (Phi) is 5.78. The molecule has 0 aromatic carbocycles. The first-order chi connectivity index (χ1) is 10.8. The van der Waals surface area contributed by atoms with E-state index in [9.17, 15) is 4.79 Å². The number of aromatic nitrogens is 2. The summed E-state index contributed by atoms with van der Waals surface area (Å²) in [6.07, 6.45) is -0.167. The van der Waals surface area contributed by atoms with E-state index in [0.717, 1.165) is 24.0 Å². The minimum atomic E-state index is -0.337. The highest BCUT2D eigenvalue weighted by Crippen LogP contribution is 2.35. The number of halogens is 1. The van der Waals surface area contributed by atoms with Gasteiger partial charge in [0.1, 0.15) is 15.5 Å². The van der Waals surface area contributed by atoms with Crippen LogP contribution in [0.4, 0.5) is 5.82 Å². The van der Waals surface area contributed by atoms with Crippen molar-refractivity contribution in [2.45, 2.75) is 26.9 Å². The van der Waals surface area contributed by atoms with Gasteiger partial charge in [0.2, 0.25) is 5.28 Å². The molecule has 0 radical (unpaired) electrons. The van der Waals surface area contributed by atoms with Crippen LogP contribution in [0.2, 0.25) is 5.28 Å². The fraction of sp³-hybridized carbons (Fsp3) is 0.533. The standard InChI is InChI=1S/C15H21ClN4O2S/c1-8(2)22-14(21)11-9(3)10-12(17-6-7-20(4)5)18-15(16)19-13(10)23-11/h8H,6-7H2,1-5H3,(H,17,18,19). The van der Waals surface area contributed by atoms with E-state index in [4.69, 9.17) is 16.3 Å². The van der Waals surface area contributed by atoms with Gasteiger partial charge in [0.15, 0.2) is 0 Å². The van der Waals surface area contributed by atoms with Gasteiger partial charge in [0, 0.05) is 13.1 Å². The second-order valence-electron chi connectivity index (χ2n) is 5.76. The summed E-state index contributed by atoms with van der Waals surface area (Å²) in [6.45, 7) is 7.10. The predicted octanol–water partition coefficient (Wildman–Crippen LogP) is 3.19. The smallest absolute Gasteiger partial charge is 0.348 e. The number of aryl methyl sites for hydroxylation is 1. The minimum Gasteiger partial charge on any atom is -0.459 e. The van der Waals surface area contributed by atoms with E-state index in [-0.39, 0.29) is 17.4 Å². The summed E-state index contributed by atoms with van der Waals surface area (Å²) in [5.74, 6) is 0.315. The average molecular weight is 357 g/mol. The second-order valence-corrected chi connectivity index (χ2v) is 7.10. The highest BCUT2D eigenvalue weighted by molar-refractivity contribution is 7.20. The van der Waals surface area contributed by atoms with Crippen LogP contribution in [0.15, 0.2) is 0 Å². The lowest BCUT2D eigenvalue weighted by Gasteiger charge is -2.12. The molecule has 126 valence electrons. The number of hydrogen-bond acceptors (Lipinski definition) is 7. The Morgan fingerprint density at radius 2 is 2.09 bits per heavy atom. The van der Waals surface area contributed by atoms with Crippen LogP contribution in [0.25, 0.3) is 10.2 Å². The zero-order valence-corrected chi connectivity index (χ0v) is 15.5. The van der Waals surface area contributed by atoms with Crippen molar-refractivity contribution in [3.8, 4) is 0 Å². The summed E-state index contributed by atoms with van der Waals surface area (Å²) in [7, 11) is 4.00. The van der Waals surface area contributed by atoms with E-state index >= 15 is 0 Å². The molecule has 0 amide bonds. The number of nitrogens with one attached hydrogen (secondary N) is 1. The fourth-order valence-corrected chi connectivity index (χ4v) is 3.38. The van der Waals surface area contributed by atoms with Crippen LogP contribution in [-0.2, 0) is 4.74 Å². The molecule has 0 bridgehead atoms. The Morgan fingerprint density at radius 1 is 1.39 bits per heavy atom. The molecule has 2 aromatic heterocycles. The van der Waals surface area contributed by atoms with Crippen LogP contribution < -0.4 is 5.32 Å². The van der Waals surface area contributed by atoms with Crippen LogP contribution in [0.5, 0.6) is 0 Å². The molecule has 2 aromatic rings. The molecule has 2 heterocycles. The lowest BCUT2D eigenvalue weighted by atomic mass is 10.2. The Hall–Kier alpha value is -1.44. The molecule has 6 nitrogen and oxygen atoms in total. The van der Waals surface area contributed by atoms with Gasteiger partial charge in [-0.3, -0.25) is 0 Å². The van der Waals surface area contributed by atoms with Crippen molar-refractivity contribution < 1.29 is 9.53 Å². The van der Waals surface area contributed by atoms with Crippen LogP contribution in [0, 0.1) is 6.92 Å². The van der Waals surface area contributed by atoms with Crippen LogP contribution in [0.1, 0.15) is 29.1 Å². The van der Waals surface area contributed by atoms with Gasteiger partial charge in [-0.15, -0.1) is 11.3 Å². The van der Waals surface area contributed by atoms with E-state index < -0.39 is 0 Å². The van der Waals surface area contributed by atoms with Crippen molar-refractivity contribution >= 4 is 44.9 Å². The Morgan fingerprint density at radius 3 is 2.70 bits per heavy atom. The molecule has 0 unspecified atom stereocenters. The Balaban J connectivity index is 2.40. The average Bonchev–Trinajstić information content (AvgIpc) is 2.74. The van der Waals surface area contributed by atoms with Gasteiger partial charge < -0.3 is 15.0 Å². The van der Waals surface area contributed by atoms with Crippen LogP contribution in [-0.4, -0.2) is 54.1 Å². The highest BCUT2D eigenvalue weighted by atomic mass is 35.5. The predicted molar refractivity (Wildman–Crippen MR) is 94.8 cm³/mol. The number of likely N-dealkylation sites (N-methyl/N-ethyl adjacent to an activating group) is 1. The monoisotopic (exact) mass is 356 g/mol. The van der Waals surface area contributed by atoms with Gasteiger partial charge in [0.05, 0.1) is 11.5 Å². The van der Waals surface area contributed by atoms with Crippen molar-refractivity contribution in [3.05, 3.63) is 15.7 Å². The summed E-state index contributed by atoms with van der Waals surface area (Å²) >= 11 is 7.29. The van der Waals surface area contributed by atoms with E-state index in [1.807, 2.05) is 34.9 Å². The molecule has 0 aliphatic rings. The largest absolute Gasteiger partial charge is 0.459 e. The minimum absolute atomic E-state index is 0.162. The van der Waals surface area contributed by atoms with Crippen molar-refractivity contribution in [1.29, 1.82) is 0 Å². The first kappa shape index (κ1) is 17.9. The maximum absolute atomic E-state index is 12.2. The molecule has 0 atom stereocenters. The molecule has 1 N–H and O–H groups in total. The number of thiophene rings is 1. The second kappa shape index (κ2) is 7.42. The molecule has 0 spiro atoms. The first-order valence-electron chi connectivity index (χ1n) is 7.35. The van der Waals surface area contributed by atoms with Gasteiger partial charge >= 0.3 is 5.97 Å². The third-order valence-electron chi connectivity index (χ3n) is 3.14. The molecular formula is C15H21ClN4O2S. The molecule has 23 heavy (non-hydrogen) atoms. The number of esters is 1. The number of nitrogens with zero attached hydrogens (tertiary/aromatic N) is 3. The summed E-state index contributed by atoms with van der Waals surface area (Å²) in [5, 5.41) is 4.26. The van der Waals surface area contributed by atoms with Crippen molar-refractivity contribution in [3.63, 3.8) is 0 Å². The van der Waals surface area contributed by atoms with Gasteiger partial charge in [-0.1, -0.05) is 0 Å². The molecule has 8 heteroatoms. The van der Waals surface area contributed by atoms with E-state index in [1.165, 1.54) is 11.3 Å². The number of fused-ring (bicyclic) bond motifs is 1. The third kappa shape index (κ3) is 4.31. The van der Waals surface area contributed by atoms with Crippen LogP contribution >= 0.6 is 22.9 Å². The topological polar surface area (TPSA) is 67.3 Å². The molecule has 2 rings (SSSR count). The molecule has 0 aliphatic heterocycles. The number of carbonyl (C=O) groups is 1. The molecular weight excluding hydrogens is 336 g/mol. The normalized spacial score (nSPS) is 11.5. The Bertz CT molecular complexity index is 715. The highest BCUT2D eigenvalue weighted by Gasteiger charge is 2.21. The van der Waals surface area contributed by atoms with Crippen molar-refractivity contribution in [1.82, 2.24) is 14.9 Å². The van der Waals surface area contributed by atoms with Crippen molar-refractivity contribution in [2.75, 3.05) is 32.5 Å². The molecule has 0 saturated carbocycles. The van der Waals surface area contributed by atoms with E-state index in [0.29, 0.717) is 15.5 Å². The van der Waals surface area contributed by atoms with Crippen LogP contribution in [0.3, 0.4) is 0 Å². The molecule has 0 fully saturated rings. The number of rotatable bonds is 6. The van der Waals surface area contributed by atoms with E-state index in [2.05, 4.69) is 20.2 Å². The lowest BCUT2D eigenvalue weighted by molar-refractivity contribution is 0.0383. The summed E-state index contributed by atoms with van der Waals surface area (Å²) < 4.78 is 5.29.